The molecule has 0 bridgehead atoms. The molecule has 0 fully saturated rings. The summed E-state index contributed by atoms with van der Waals surface area (Å²) in [6.45, 7) is 3.43. The van der Waals surface area contributed by atoms with E-state index in [1.54, 1.807) is 6.07 Å². The molecule has 0 aliphatic carbocycles. The Morgan fingerprint density at radius 1 is 1.38 bits per heavy atom. The maximum Gasteiger partial charge on any atom is 0.138 e. The van der Waals surface area contributed by atoms with Crippen LogP contribution >= 0.6 is 24.7 Å². The molecule has 5 heteroatoms. The molecular formula is C11H17NO2S2. The van der Waals surface area contributed by atoms with Gasteiger partial charge in [-0.15, -0.1) is 0 Å². The van der Waals surface area contributed by atoms with Gasteiger partial charge in [0.05, 0.1) is 5.69 Å². The third-order valence-corrected chi connectivity index (χ3v) is 2.86. The second kappa shape index (κ2) is 6.93. The van der Waals surface area contributed by atoms with Gasteiger partial charge in [-0.2, -0.15) is 12.6 Å². The fraction of sp³-hybridized carbons (Fsp3) is 0.455. The number of rotatable bonds is 6. The fourth-order valence-electron chi connectivity index (χ4n) is 1.51. The maximum absolute atomic E-state index is 9.80. The molecule has 1 aromatic carbocycles. The average molecular weight is 259 g/mol. The van der Waals surface area contributed by atoms with Crippen LogP contribution in [0.15, 0.2) is 18.2 Å². The average Bonchev–Trinajstić information content (AvgIpc) is 2.28. The largest absolute Gasteiger partial charge is 0.506 e. The van der Waals surface area contributed by atoms with Gasteiger partial charge in [0, 0.05) is 24.6 Å². The van der Waals surface area contributed by atoms with Crippen molar-refractivity contribution in [2.24, 2.45) is 0 Å². The molecule has 0 saturated carbocycles. The van der Waals surface area contributed by atoms with E-state index in [9.17, 15) is 5.11 Å². The minimum atomic E-state index is 0.273. The Labute approximate surface area is 106 Å². The molecule has 0 spiro atoms. The number of aromatic hydroxyl groups is 1. The van der Waals surface area contributed by atoms with Crippen molar-refractivity contribution in [1.29, 1.82) is 0 Å². The normalized spacial score (nSPS) is 10.4. The lowest BCUT2D eigenvalue weighted by Gasteiger charge is -2.24. The minimum absolute atomic E-state index is 0.273. The zero-order valence-corrected chi connectivity index (χ0v) is 11.0. The predicted octanol–water partition coefficient (Wildman–Crippen LogP) is 2.64. The van der Waals surface area contributed by atoms with E-state index in [-0.39, 0.29) is 5.75 Å². The number of thiol groups is 1. The van der Waals surface area contributed by atoms with Crippen molar-refractivity contribution in [1.82, 2.24) is 0 Å². The van der Waals surface area contributed by atoms with Crippen LogP contribution in [0, 0.1) is 6.92 Å². The van der Waals surface area contributed by atoms with E-state index in [0.29, 0.717) is 18.1 Å². The van der Waals surface area contributed by atoms with Gasteiger partial charge in [0.15, 0.2) is 0 Å². The second-order valence-electron chi connectivity index (χ2n) is 3.54. The van der Waals surface area contributed by atoms with E-state index in [1.807, 2.05) is 24.0 Å². The Bertz CT molecular complexity index is 334. The molecule has 0 radical (unpaired) electrons. The quantitative estimate of drug-likeness (QED) is 0.543. The number of hydrogen-bond donors (Lipinski definition) is 3. The van der Waals surface area contributed by atoms with Crippen LogP contribution < -0.4 is 4.90 Å². The first kappa shape index (κ1) is 13.5. The Kier molecular flexibility index (Phi) is 5.87. The number of nitrogens with zero attached hydrogens (tertiary/aromatic N) is 1. The van der Waals surface area contributed by atoms with Gasteiger partial charge in [0.2, 0.25) is 0 Å². The van der Waals surface area contributed by atoms with Crippen molar-refractivity contribution in [2.75, 3.05) is 29.5 Å². The molecule has 90 valence electrons. The number of anilines is 1. The highest BCUT2D eigenvalue weighted by atomic mass is 32.2. The SMILES string of the molecule is Cc1ccc(O)c(N(CCS)CCSO)c1. The van der Waals surface area contributed by atoms with E-state index in [2.05, 4.69) is 12.6 Å². The topological polar surface area (TPSA) is 43.7 Å². The zero-order valence-electron chi connectivity index (χ0n) is 9.26. The molecule has 2 N–H and O–H groups in total. The maximum atomic E-state index is 9.80. The molecule has 1 aromatic rings. The van der Waals surface area contributed by atoms with Crippen LogP contribution in [0.4, 0.5) is 5.69 Å². The fourth-order valence-corrected chi connectivity index (χ4v) is 2.05. The highest BCUT2D eigenvalue weighted by Crippen LogP contribution is 2.28. The molecular weight excluding hydrogens is 242 g/mol. The molecule has 0 aliphatic rings. The van der Waals surface area contributed by atoms with Gasteiger partial charge in [0.1, 0.15) is 5.75 Å². The summed E-state index contributed by atoms with van der Waals surface area (Å²) in [4.78, 5) is 2.03. The third kappa shape index (κ3) is 3.81. The van der Waals surface area contributed by atoms with Crippen LogP contribution in [0.2, 0.25) is 0 Å². The first-order valence-corrected chi connectivity index (χ1v) is 6.68. The molecule has 0 aliphatic heterocycles. The molecule has 0 saturated heterocycles. The first-order valence-electron chi connectivity index (χ1n) is 5.11. The molecule has 0 atom stereocenters. The minimum Gasteiger partial charge on any atom is -0.506 e. The summed E-state index contributed by atoms with van der Waals surface area (Å²) in [5, 5.41) is 9.80. The lowest BCUT2D eigenvalue weighted by molar-refractivity contribution is 0.474. The van der Waals surface area contributed by atoms with Crippen LogP contribution in [0.25, 0.3) is 0 Å². The van der Waals surface area contributed by atoms with Gasteiger partial charge in [-0.3, -0.25) is 0 Å². The highest BCUT2D eigenvalue weighted by Gasteiger charge is 2.10. The van der Waals surface area contributed by atoms with Crippen LogP contribution in [0.5, 0.6) is 5.75 Å². The summed E-state index contributed by atoms with van der Waals surface area (Å²) in [5.41, 5.74) is 1.91. The molecule has 0 unspecified atom stereocenters. The molecule has 0 aromatic heterocycles. The molecule has 16 heavy (non-hydrogen) atoms. The summed E-state index contributed by atoms with van der Waals surface area (Å²) in [7, 11) is 0. The third-order valence-electron chi connectivity index (χ3n) is 2.29. The Morgan fingerprint density at radius 3 is 2.75 bits per heavy atom. The van der Waals surface area contributed by atoms with Gasteiger partial charge < -0.3 is 14.6 Å². The number of benzene rings is 1. The van der Waals surface area contributed by atoms with Gasteiger partial charge in [0.25, 0.3) is 0 Å². The number of hydrogen-bond acceptors (Lipinski definition) is 5. The molecule has 0 heterocycles. The van der Waals surface area contributed by atoms with Crippen LogP contribution in [-0.4, -0.2) is 34.3 Å². The van der Waals surface area contributed by atoms with Gasteiger partial charge in [-0.1, -0.05) is 6.07 Å². The van der Waals surface area contributed by atoms with E-state index in [4.69, 9.17) is 4.55 Å². The summed E-state index contributed by atoms with van der Waals surface area (Å²) >= 11 is 5.01. The molecule has 3 nitrogen and oxygen atoms in total. The number of phenolic OH excluding ortho intramolecular Hbond substituents is 1. The first-order chi connectivity index (χ1) is 7.69. The van der Waals surface area contributed by atoms with Crippen LogP contribution in [0.1, 0.15) is 5.56 Å². The Morgan fingerprint density at radius 2 is 2.12 bits per heavy atom. The van der Waals surface area contributed by atoms with Crippen molar-refractivity contribution in [2.45, 2.75) is 6.92 Å². The Balaban J connectivity index is 2.85. The lowest BCUT2D eigenvalue weighted by Crippen LogP contribution is -2.28. The van der Waals surface area contributed by atoms with Crippen LogP contribution in [0.3, 0.4) is 0 Å². The van der Waals surface area contributed by atoms with Gasteiger partial charge in [-0.05, 0) is 36.7 Å². The van der Waals surface area contributed by atoms with Gasteiger partial charge >= 0.3 is 0 Å². The van der Waals surface area contributed by atoms with E-state index in [0.717, 1.165) is 29.8 Å². The van der Waals surface area contributed by atoms with Crippen LogP contribution in [-0.2, 0) is 0 Å². The number of phenols is 1. The Hall–Kier alpha value is -0.520. The number of aryl methyl sites for hydroxylation is 1. The zero-order chi connectivity index (χ0) is 12.0. The van der Waals surface area contributed by atoms with E-state index >= 15 is 0 Å². The van der Waals surface area contributed by atoms with Crippen molar-refractivity contribution in [3.8, 4) is 5.75 Å². The standard InChI is InChI=1S/C11H17NO2S2/c1-9-2-3-11(13)10(8-9)12(4-6-15)5-7-16-14/h2-3,8,13-15H,4-7H2,1H3. The smallest absolute Gasteiger partial charge is 0.138 e. The lowest BCUT2D eigenvalue weighted by atomic mass is 10.2. The van der Waals surface area contributed by atoms with Gasteiger partial charge in [-0.25, -0.2) is 0 Å². The van der Waals surface area contributed by atoms with Crippen molar-refractivity contribution < 1.29 is 9.66 Å². The summed E-state index contributed by atoms with van der Waals surface area (Å²) in [6, 6.07) is 5.52. The van der Waals surface area contributed by atoms with Crippen molar-refractivity contribution in [3.63, 3.8) is 0 Å². The van der Waals surface area contributed by atoms with E-state index in [1.165, 1.54) is 0 Å². The summed E-state index contributed by atoms with van der Waals surface area (Å²) in [5.74, 6) is 1.60. The highest BCUT2D eigenvalue weighted by molar-refractivity contribution is 7.93. The monoisotopic (exact) mass is 259 g/mol. The van der Waals surface area contributed by atoms with Crippen molar-refractivity contribution >= 4 is 30.4 Å². The van der Waals surface area contributed by atoms with Crippen molar-refractivity contribution in [3.05, 3.63) is 23.8 Å². The molecule has 0 amide bonds. The second-order valence-corrected chi connectivity index (χ2v) is 4.65. The summed E-state index contributed by atoms with van der Waals surface area (Å²) < 4.78 is 8.76. The summed E-state index contributed by atoms with van der Waals surface area (Å²) in [6.07, 6.45) is 0. The van der Waals surface area contributed by atoms with E-state index < -0.39 is 0 Å². The predicted molar refractivity (Wildman–Crippen MR) is 74.0 cm³/mol. The molecule has 1 rings (SSSR count).